The number of nitrogens with zero attached hydrogens (tertiary/aromatic N) is 1. The lowest BCUT2D eigenvalue weighted by Crippen LogP contribution is -2.30. The molecule has 0 aromatic heterocycles. The number of amides is 1. The highest BCUT2D eigenvalue weighted by molar-refractivity contribution is 5.81. The number of rotatable bonds is 7. The summed E-state index contributed by atoms with van der Waals surface area (Å²) in [4.78, 5) is 11.6. The third kappa shape index (κ3) is 5.19. The van der Waals surface area contributed by atoms with E-state index in [0.717, 1.165) is 6.42 Å². The summed E-state index contributed by atoms with van der Waals surface area (Å²) in [5.41, 5.74) is 1.18. The van der Waals surface area contributed by atoms with Crippen LogP contribution in [0.5, 0.6) is 5.75 Å². The predicted molar refractivity (Wildman–Crippen MR) is 78.7 cm³/mol. The zero-order valence-electron chi connectivity index (χ0n) is 12.2. The van der Waals surface area contributed by atoms with Gasteiger partial charge in [-0.15, -0.1) is 0 Å². The monoisotopic (exact) mass is 275 g/mol. The molecule has 0 atom stereocenters. The molecule has 0 unspecified atom stereocenters. The maximum atomic E-state index is 11.6. The fourth-order valence-electron chi connectivity index (χ4n) is 1.60. The van der Waals surface area contributed by atoms with Crippen LogP contribution >= 0.6 is 0 Å². The largest absolute Gasteiger partial charge is 0.489 e. The molecule has 0 aliphatic rings. The van der Waals surface area contributed by atoms with Gasteiger partial charge in [-0.3, -0.25) is 4.79 Å². The van der Waals surface area contributed by atoms with Crippen LogP contribution in [-0.4, -0.2) is 25.1 Å². The first-order valence-electron chi connectivity index (χ1n) is 6.78. The highest BCUT2D eigenvalue weighted by Crippen LogP contribution is 2.26. The molecule has 0 spiro atoms. The summed E-state index contributed by atoms with van der Waals surface area (Å²) in [6.45, 7) is 6.67. The van der Waals surface area contributed by atoms with E-state index in [-0.39, 0.29) is 18.6 Å². The Labute approximate surface area is 119 Å². The topological polar surface area (TPSA) is 74.2 Å². The van der Waals surface area contributed by atoms with Crippen molar-refractivity contribution in [2.24, 2.45) is 0 Å². The minimum absolute atomic E-state index is 0.0254. The SMILES string of the molecule is CCCNC(=O)CNc1cc(C#N)ccc1OC(C)C. The van der Waals surface area contributed by atoms with E-state index in [1.54, 1.807) is 18.2 Å². The molecule has 1 aromatic carbocycles. The molecule has 0 saturated heterocycles. The standard InChI is InChI=1S/C15H21N3O2/c1-4-7-17-15(19)10-18-13-8-12(9-16)5-6-14(13)20-11(2)3/h5-6,8,11,18H,4,7,10H2,1-3H3,(H,17,19). The number of carbonyl (C=O) groups is 1. The molecule has 0 aliphatic heterocycles. The van der Waals surface area contributed by atoms with Crippen LogP contribution in [0, 0.1) is 11.3 Å². The molecule has 0 aliphatic carbocycles. The van der Waals surface area contributed by atoms with Gasteiger partial charge in [-0.2, -0.15) is 5.26 Å². The van der Waals surface area contributed by atoms with Crippen molar-refractivity contribution in [3.63, 3.8) is 0 Å². The van der Waals surface area contributed by atoms with Gasteiger partial charge in [0.1, 0.15) is 5.75 Å². The van der Waals surface area contributed by atoms with Crippen molar-refractivity contribution >= 4 is 11.6 Å². The van der Waals surface area contributed by atoms with Crippen LogP contribution in [-0.2, 0) is 4.79 Å². The second-order valence-corrected chi connectivity index (χ2v) is 4.69. The molecule has 1 rings (SSSR count). The zero-order valence-corrected chi connectivity index (χ0v) is 12.2. The van der Waals surface area contributed by atoms with Crippen molar-refractivity contribution in [2.45, 2.75) is 33.3 Å². The fourth-order valence-corrected chi connectivity index (χ4v) is 1.60. The Kier molecular flexibility index (Phi) is 6.38. The highest BCUT2D eigenvalue weighted by Gasteiger charge is 2.08. The molecule has 1 aromatic rings. The van der Waals surface area contributed by atoms with E-state index < -0.39 is 0 Å². The Bertz CT molecular complexity index is 492. The van der Waals surface area contributed by atoms with Gasteiger partial charge in [-0.05, 0) is 38.5 Å². The summed E-state index contributed by atoms with van der Waals surface area (Å²) in [7, 11) is 0. The highest BCUT2D eigenvalue weighted by atomic mass is 16.5. The molecule has 0 fully saturated rings. The van der Waals surface area contributed by atoms with Crippen LogP contribution < -0.4 is 15.4 Å². The Morgan fingerprint density at radius 3 is 2.80 bits per heavy atom. The summed E-state index contributed by atoms with van der Waals surface area (Å²) >= 11 is 0. The second-order valence-electron chi connectivity index (χ2n) is 4.69. The Morgan fingerprint density at radius 2 is 2.20 bits per heavy atom. The average molecular weight is 275 g/mol. The Hall–Kier alpha value is -2.22. The maximum Gasteiger partial charge on any atom is 0.239 e. The van der Waals surface area contributed by atoms with Crippen LogP contribution in [0.3, 0.4) is 0 Å². The fraction of sp³-hybridized carbons (Fsp3) is 0.467. The first kappa shape index (κ1) is 15.8. The molecule has 5 nitrogen and oxygen atoms in total. The molecule has 0 radical (unpaired) electrons. The molecule has 1 amide bonds. The lowest BCUT2D eigenvalue weighted by Gasteiger charge is -2.15. The van der Waals surface area contributed by atoms with Gasteiger partial charge < -0.3 is 15.4 Å². The van der Waals surface area contributed by atoms with E-state index in [9.17, 15) is 4.79 Å². The summed E-state index contributed by atoms with van der Waals surface area (Å²) in [6, 6.07) is 7.19. The van der Waals surface area contributed by atoms with E-state index in [1.165, 1.54) is 0 Å². The van der Waals surface area contributed by atoms with Crippen LogP contribution in [0.4, 0.5) is 5.69 Å². The van der Waals surface area contributed by atoms with Gasteiger partial charge in [0.2, 0.25) is 5.91 Å². The molecule has 0 saturated carbocycles. The minimum Gasteiger partial charge on any atom is -0.489 e. The summed E-state index contributed by atoms with van der Waals surface area (Å²) < 4.78 is 5.65. The van der Waals surface area contributed by atoms with Crippen molar-refractivity contribution in [1.29, 1.82) is 5.26 Å². The smallest absolute Gasteiger partial charge is 0.239 e. The van der Waals surface area contributed by atoms with Crippen molar-refractivity contribution in [3.05, 3.63) is 23.8 Å². The van der Waals surface area contributed by atoms with Crippen molar-refractivity contribution in [2.75, 3.05) is 18.4 Å². The van der Waals surface area contributed by atoms with Gasteiger partial charge in [-0.1, -0.05) is 6.92 Å². The Morgan fingerprint density at radius 1 is 1.45 bits per heavy atom. The van der Waals surface area contributed by atoms with E-state index in [4.69, 9.17) is 10.00 Å². The van der Waals surface area contributed by atoms with Gasteiger partial charge in [0.25, 0.3) is 0 Å². The molecule has 2 N–H and O–H groups in total. The molecule has 0 bridgehead atoms. The van der Waals surface area contributed by atoms with E-state index in [2.05, 4.69) is 16.7 Å². The maximum absolute atomic E-state index is 11.6. The van der Waals surface area contributed by atoms with Gasteiger partial charge in [0.15, 0.2) is 0 Å². The summed E-state index contributed by atoms with van der Waals surface area (Å²) in [6.07, 6.45) is 0.926. The third-order valence-corrected chi connectivity index (χ3v) is 2.48. The lowest BCUT2D eigenvalue weighted by molar-refractivity contribution is -0.119. The van der Waals surface area contributed by atoms with Crippen LogP contribution in [0.2, 0.25) is 0 Å². The number of anilines is 1. The van der Waals surface area contributed by atoms with Gasteiger partial charge in [-0.25, -0.2) is 0 Å². The van der Waals surface area contributed by atoms with Crippen LogP contribution in [0.15, 0.2) is 18.2 Å². The molecule has 5 heteroatoms. The quantitative estimate of drug-likeness (QED) is 0.800. The Balaban J connectivity index is 2.75. The van der Waals surface area contributed by atoms with Gasteiger partial charge in [0, 0.05) is 6.54 Å². The van der Waals surface area contributed by atoms with Gasteiger partial charge in [0.05, 0.1) is 30.0 Å². The normalized spacial score (nSPS) is 9.95. The molecule has 108 valence electrons. The lowest BCUT2D eigenvalue weighted by atomic mass is 10.2. The van der Waals surface area contributed by atoms with Gasteiger partial charge >= 0.3 is 0 Å². The van der Waals surface area contributed by atoms with E-state index in [0.29, 0.717) is 23.5 Å². The molecular weight excluding hydrogens is 254 g/mol. The summed E-state index contributed by atoms with van der Waals surface area (Å²) in [5, 5.41) is 14.7. The van der Waals surface area contributed by atoms with Crippen LogP contribution in [0.25, 0.3) is 0 Å². The van der Waals surface area contributed by atoms with Crippen LogP contribution in [0.1, 0.15) is 32.8 Å². The second kappa shape index (κ2) is 8.05. The van der Waals surface area contributed by atoms with Crippen molar-refractivity contribution < 1.29 is 9.53 Å². The number of hydrogen-bond acceptors (Lipinski definition) is 4. The summed E-state index contributed by atoms with van der Waals surface area (Å²) in [5.74, 6) is 0.562. The number of ether oxygens (including phenoxy) is 1. The predicted octanol–water partition coefficient (Wildman–Crippen LogP) is 2.28. The van der Waals surface area contributed by atoms with Crippen molar-refractivity contribution in [1.82, 2.24) is 5.32 Å². The third-order valence-electron chi connectivity index (χ3n) is 2.48. The average Bonchev–Trinajstić information content (AvgIpc) is 2.43. The number of hydrogen-bond donors (Lipinski definition) is 2. The number of nitrogens with one attached hydrogen (secondary N) is 2. The molecular formula is C15H21N3O2. The first-order chi connectivity index (χ1) is 9.56. The molecule has 0 heterocycles. The van der Waals surface area contributed by atoms with Crippen molar-refractivity contribution in [3.8, 4) is 11.8 Å². The number of nitriles is 1. The van der Waals surface area contributed by atoms with E-state index >= 15 is 0 Å². The number of benzene rings is 1. The molecule has 20 heavy (non-hydrogen) atoms. The number of carbonyl (C=O) groups excluding carboxylic acids is 1. The van der Waals surface area contributed by atoms with E-state index in [1.807, 2.05) is 20.8 Å². The zero-order chi connectivity index (χ0) is 15.0. The first-order valence-corrected chi connectivity index (χ1v) is 6.78. The minimum atomic E-state index is -0.0790.